The summed E-state index contributed by atoms with van der Waals surface area (Å²) in [6.45, 7) is -0.251. The van der Waals surface area contributed by atoms with Crippen LogP contribution in [0.15, 0.2) is 30.3 Å². The molecule has 5 nitrogen and oxygen atoms in total. The largest absolute Gasteiger partial charge is 0.468 e. The molecule has 86 valence electrons. The molecule has 1 atom stereocenters. The number of amides is 1. The Balaban J connectivity index is 2.52. The third-order valence-corrected chi connectivity index (χ3v) is 2.00. The van der Waals surface area contributed by atoms with Crippen LogP contribution in [0, 0.1) is 0 Å². The van der Waals surface area contributed by atoms with Gasteiger partial charge in [0.05, 0.1) is 7.11 Å². The predicted molar refractivity (Wildman–Crippen MR) is 56.4 cm³/mol. The first-order chi connectivity index (χ1) is 7.65. The first kappa shape index (κ1) is 12.2. The highest BCUT2D eigenvalue weighted by Gasteiger charge is 2.17. The zero-order valence-electron chi connectivity index (χ0n) is 8.84. The van der Waals surface area contributed by atoms with Crippen molar-refractivity contribution in [2.24, 2.45) is 0 Å². The van der Waals surface area contributed by atoms with Crippen LogP contribution in [0.3, 0.4) is 0 Å². The minimum Gasteiger partial charge on any atom is -0.468 e. The monoisotopic (exact) mass is 223 g/mol. The summed E-state index contributed by atoms with van der Waals surface area (Å²) in [6.07, 6.45) is -1.27. The summed E-state index contributed by atoms with van der Waals surface area (Å²) in [5.74, 6) is -1.19. The number of rotatable bonds is 4. The minimum atomic E-state index is -1.27. The predicted octanol–water partition coefficient (Wildman–Crippen LogP) is 0.00920. The van der Waals surface area contributed by atoms with E-state index in [1.165, 1.54) is 7.11 Å². The second kappa shape index (κ2) is 5.87. The van der Waals surface area contributed by atoms with Crippen molar-refractivity contribution in [2.45, 2.75) is 6.10 Å². The van der Waals surface area contributed by atoms with Crippen molar-refractivity contribution >= 4 is 11.9 Å². The lowest BCUT2D eigenvalue weighted by Gasteiger charge is -2.10. The number of aliphatic hydroxyl groups excluding tert-OH is 1. The molecule has 0 saturated carbocycles. The van der Waals surface area contributed by atoms with Crippen LogP contribution in [0.1, 0.15) is 11.7 Å². The minimum absolute atomic E-state index is 0.251. The normalized spacial score (nSPS) is 11.6. The average Bonchev–Trinajstić information content (AvgIpc) is 2.35. The number of ether oxygens (including phenoxy) is 1. The Hall–Kier alpha value is -1.88. The van der Waals surface area contributed by atoms with Gasteiger partial charge in [-0.2, -0.15) is 0 Å². The van der Waals surface area contributed by atoms with Gasteiger partial charge in [0.2, 0.25) is 0 Å². The van der Waals surface area contributed by atoms with Gasteiger partial charge >= 0.3 is 5.97 Å². The van der Waals surface area contributed by atoms with Gasteiger partial charge in [0, 0.05) is 0 Å². The molecular weight excluding hydrogens is 210 g/mol. The van der Waals surface area contributed by atoms with E-state index in [2.05, 4.69) is 10.1 Å². The van der Waals surface area contributed by atoms with Gasteiger partial charge in [-0.1, -0.05) is 30.3 Å². The SMILES string of the molecule is COC(=O)CNC(=O)[C@H](O)c1ccccc1. The fourth-order valence-electron chi connectivity index (χ4n) is 1.11. The summed E-state index contributed by atoms with van der Waals surface area (Å²) >= 11 is 0. The molecule has 0 aromatic heterocycles. The Labute approximate surface area is 93.0 Å². The van der Waals surface area contributed by atoms with Crippen molar-refractivity contribution in [2.75, 3.05) is 13.7 Å². The van der Waals surface area contributed by atoms with Crippen LogP contribution in [0.5, 0.6) is 0 Å². The van der Waals surface area contributed by atoms with E-state index in [1.54, 1.807) is 30.3 Å². The van der Waals surface area contributed by atoms with Crippen LogP contribution in [-0.2, 0) is 14.3 Å². The molecule has 1 aromatic carbocycles. The van der Waals surface area contributed by atoms with Crippen molar-refractivity contribution < 1.29 is 19.4 Å². The fourth-order valence-corrected chi connectivity index (χ4v) is 1.11. The highest BCUT2D eigenvalue weighted by molar-refractivity contribution is 5.85. The summed E-state index contributed by atoms with van der Waals surface area (Å²) in [5.41, 5.74) is 0.477. The first-order valence-electron chi connectivity index (χ1n) is 4.72. The Bertz CT molecular complexity index is 364. The summed E-state index contributed by atoms with van der Waals surface area (Å²) < 4.78 is 4.35. The van der Waals surface area contributed by atoms with Crippen LogP contribution in [0.25, 0.3) is 0 Å². The number of esters is 1. The molecule has 0 spiro atoms. The van der Waals surface area contributed by atoms with E-state index in [0.29, 0.717) is 5.56 Å². The number of benzene rings is 1. The van der Waals surface area contributed by atoms with Crippen LogP contribution in [0.4, 0.5) is 0 Å². The third-order valence-electron chi connectivity index (χ3n) is 2.00. The van der Waals surface area contributed by atoms with Crippen molar-refractivity contribution in [3.8, 4) is 0 Å². The first-order valence-corrected chi connectivity index (χ1v) is 4.72. The van der Waals surface area contributed by atoms with Gasteiger partial charge in [0.1, 0.15) is 6.54 Å². The van der Waals surface area contributed by atoms with Gasteiger partial charge in [-0.3, -0.25) is 9.59 Å². The smallest absolute Gasteiger partial charge is 0.325 e. The zero-order chi connectivity index (χ0) is 12.0. The number of carbonyl (C=O) groups is 2. The van der Waals surface area contributed by atoms with Crippen LogP contribution < -0.4 is 5.32 Å². The maximum Gasteiger partial charge on any atom is 0.325 e. The van der Waals surface area contributed by atoms with Gasteiger partial charge in [0.25, 0.3) is 5.91 Å². The van der Waals surface area contributed by atoms with E-state index in [-0.39, 0.29) is 6.54 Å². The lowest BCUT2D eigenvalue weighted by molar-refractivity contribution is -0.142. The van der Waals surface area contributed by atoms with E-state index in [4.69, 9.17) is 0 Å². The maximum absolute atomic E-state index is 11.4. The second-order valence-electron chi connectivity index (χ2n) is 3.11. The maximum atomic E-state index is 11.4. The fraction of sp³-hybridized carbons (Fsp3) is 0.273. The van der Waals surface area contributed by atoms with Crippen LogP contribution in [-0.4, -0.2) is 30.6 Å². The summed E-state index contributed by atoms with van der Waals surface area (Å²) in [5, 5.41) is 11.9. The van der Waals surface area contributed by atoms with Crippen LogP contribution >= 0.6 is 0 Å². The van der Waals surface area contributed by atoms with E-state index < -0.39 is 18.0 Å². The Morgan fingerprint density at radius 1 is 1.38 bits per heavy atom. The van der Waals surface area contributed by atoms with Crippen molar-refractivity contribution in [3.63, 3.8) is 0 Å². The van der Waals surface area contributed by atoms with E-state index >= 15 is 0 Å². The molecule has 0 heterocycles. The number of carbonyl (C=O) groups excluding carboxylic acids is 2. The molecule has 0 aliphatic rings. The lowest BCUT2D eigenvalue weighted by Crippen LogP contribution is -2.34. The molecule has 0 aliphatic heterocycles. The molecule has 0 unspecified atom stereocenters. The molecule has 5 heteroatoms. The molecule has 2 N–H and O–H groups in total. The lowest BCUT2D eigenvalue weighted by atomic mass is 10.1. The van der Waals surface area contributed by atoms with Gasteiger partial charge < -0.3 is 15.2 Å². The molecule has 0 radical (unpaired) electrons. The van der Waals surface area contributed by atoms with Crippen LogP contribution in [0.2, 0.25) is 0 Å². The third kappa shape index (κ3) is 3.36. The molecule has 1 rings (SSSR count). The molecule has 1 amide bonds. The summed E-state index contributed by atoms with van der Waals surface area (Å²) in [6, 6.07) is 8.46. The van der Waals surface area contributed by atoms with Gasteiger partial charge in [0.15, 0.2) is 6.10 Å². The molecule has 0 bridgehead atoms. The van der Waals surface area contributed by atoms with E-state index in [0.717, 1.165) is 0 Å². The standard InChI is InChI=1S/C11H13NO4/c1-16-9(13)7-12-11(15)10(14)8-5-3-2-4-6-8/h2-6,10,14H,7H2,1H3,(H,12,15)/t10-/m1/s1. The van der Waals surface area contributed by atoms with Gasteiger partial charge in [-0.25, -0.2) is 0 Å². The Morgan fingerprint density at radius 3 is 2.56 bits per heavy atom. The zero-order valence-corrected chi connectivity index (χ0v) is 8.84. The van der Waals surface area contributed by atoms with Gasteiger partial charge in [-0.15, -0.1) is 0 Å². The highest BCUT2D eigenvalue weighted by Crippen LogP contribution is 2.11. The number of hydrogen-bond acceptors (Lipinski definition) is 4. The highest BCUT2D eigenvalue weighted by atomic mass is 16.5. The topological polar surface area (TPSA) is 75.6 Å². The number of aliphatic hydroxyl groups is 1. The van der Waals surface area contributed by atoms with Crippen molar-refractivity contribution in [1.29, 1.82) is 0 Å². The molecule has 1 aromatic rings. The average molecular weight is 223 g/mol. The number of methoxy groups -OCH3 is 1. The molecule has 0 fully saturated rings. The molecule has 16 heavy (non-hydrogen) atoms. The van der Waals surface area contributed by atoms with E-state index in [9.17, 15) is 14.7 Å². The number of hydrogen-bond donors (Lipinski definition) is 2. The van der Waals surface area contributed by atoms with Crippen molar-refractivity contribution in [1.82, 2.24) is 5.32 Å². The Morgan fingerprint density at radius 2 is 2.00 bits per heavy atom. The van der Waals surface area contributed by atoms with E-state index in [1.807, 2.05) is 0 Å². The van der Waals surface area contributed by atoms with Crippen molar-refractivity contribution in [3.05, 3.63) is 35.9 Å². The second-order valence-corrected chi connectivity index (χ2v) is 3.11. The number of nitrogens with one attached hydrogen (secondary N) is 1. The molecule has 0 saturated heterocycles. The Kier molecular flexibility index (Phi) is 4.47. The molecule has 0 aliphatic carbocycles. The summed E-state index contributed by atoms with van der Waals surface area (Å²) in [7, 11) is 1.22. The van der Waals surface area contributed by atoms with Gasteiger partial charge in [-0.05, 0) is 5.56 Å². The summed E-state index contributed by atoms with van der Waals surface area (Å²) in [4.78, 5) is 22.2. The quantitative estimate of drug-likeness (QED) is 0.705. The molecular formula is C11H13NO4.